The van der Waals surface area contributed by atoms with E-state index >= 15 is 0 Å². The zero-order valence-corrected chi connectivity index (χ0v) is 17.0. The molecule has 0 aliphatic rings. The number of ether oxygens (including phenoxy) is 1. The third kappa shape index (κ3) is 5.27. The molecule has 4 nitrogen and oxygen atoms in total. The second-order valence-corrected chi connectivity index (χ2v) is 7.63. The first kappa shape index (κ1) is 20.2. The molecule has 0 aromatic heterocycles. The summed E-state index contributed by atoms with van der Waals surface area (Å²) in [5, 5.41) is 5.40. The highest BCUT2D eigenvalue weighted by Crippen LogP contribution is 2.25. The standard InChI is InChI=1S/C22H20ClNO3S/c1-2-11-27-22(26)19-13-17(8-10-20(19)23)24-21(25)14-28-18-9-7-15-5-3-4-6-16(15)12-18/h3-10,12-13H,2,11,14H2,1H3,(H,24,25). The highest BCUT2D eigenvalue weighted by molar-refractivity contribution is 8.00. The highest BCUT2D eigenvalue weighted by atomic mass is 35.5. The van der Waals surface area contributed by atoms with Gasteiger partial charge in [0.15, 0.2) is 0 Å². The Bertz CT molecular complexity index is 1010. The SMILES string of the molecule is CCCOC(=O)c1cc(NC(=O)CSc2ccc3ccccc3c2)ccc1Cl. The molecule has 3 rings (SSSR count). The Hall–Kier alpha value is -2.50. The van der Waals surface area contributed by atoms with Gasteiger partial charge in [0.1, 0.15) is 0 Å². The van der Waals surface area contributed by atoms with E-state index in [1.165, 1.54) is 17.1 Å². The van der Waals surface area contributed by atoms with Crippen molar-refractivity contribution in [3.63, 3.8) is 0 Å². The number of carbonyl (C=O) groups excluding carboxylic acids is 2. The van der Waals surface area contributed by atoms with Crippen LogP contribution in [0.3, 0.4) is 0 Å². The largest absolute Gasteiger partial charge is 0.462 e. The maximum Gasteiger partial charge on any atom is 0.339 e. The van der Waals surface area contributed by atoms with Crippen LogP contribution in [0, 0.1) is 0 Å². The summed E-state index contributed by atoms with van der Waals surface area (Å²) in [7, 11) is 0. The number of anilines is 1. The minimum absolute atomic E-state index is 0.159. The topological polar surface area (TPSA) is 55.4 Å². The fourth-order valence-electron chi connectivity index (χ4n) is 2.64. The number of thioether (sulfide) groups is 1. The summed E-state index contributed by atoms with van der Waals surface area (Å²) < 4.78 is 5.12. The predicted octanol–water partition coefficient (Wildman–Crippen LogP) is 5.79. The summed E-state index contributed by atoms with van der Waals surface area (Å²) in [4.78, 5) is 25.4. The normalized spacial score (nSPS) is 10.6. The summed E-state index contributed by atoms with van der Waals surface area (Å²) in [5.41, 5.74) is 0.757. The molecule has 0 unspecified atom stereocenters. The van der Waals surface area contributed by atoms with Crippen LogP contribution >= 0.6 is 23.4 Å². The lowest BCUT2D eigenvalue weighted by atomic mass is 10.1. The van der Waals surface area contributed by atoms with Crippen LogP contribution in [0.1, 0.15) is 23.7 Å². The van der Waals surface area contributed by atoms with Crippen molar-refractivity contribution in [3.05, 3.63) is 71.2 Å². The molecule has 0 aliphatic heterocycles. The van der Waals surface area contributed by atoms with Gasteiger partial charge in [0.2, 0.25) is 5.91 Å². The second-order valence-electron chi connectivity index (χ2n) is 6.18. The number of fused-ring (bicyclic) bond motifs is 1. The number of benzene rings is 3. The molecule has 0 radical (unpaired) electrons. The Balaban J connectivity index is 1.61. The van der Waals surface area contributed by atoms with Gasteiger partial charge in [-0.25, -0.2) is 4.79 Å². The van der Waals surface area contributed by atoms with E-state index in [4.69, 9.17) is 16.3 Å². The summed E-state index contributed by atoms with van der Waals surface area (Å²) in [6.45, 7) is 2.24. The first-order chi connectivity index (χ1) is 13.6. The molecule has 0 spiro atoms. The molecule has 0 heterocycles. The van der Waals surface area contributed by atoms with Crippen LogP contribution in [0.15, 0.2) is 65.6 Å². The van der Waals surface area contributed by atoms with Gasteiger partial charge in [-0.05, 0) is 47.5 Å². The van der Waals surface area contributed by atoms with Gasteiger partial charge in [-0.2, -0.15) is 0 Å². The Kier molecular flexibility index (Phi) is 6.95. The average Bonchev–Trinajstić information content (AvgIpc) is 2.71. The molecule has 3 aromatic rings. The Morgan fingerprint density at radius 1 is 1.04 bits per heavy atom. The minimum Gasteiger partial charge on any atom is -0.462 e. The Labute approximate surface area is 173 Å². The van der Waals surface area contributed by atoms with Crippen molar-refractivity contribution >= 4 is 51.7 Å². The summed E-state index contributed by atoms with van der Waals surface area (Å²) >= 11 is 7.54. The van der Waals surface area contributed by atoms with Crippen LogP contribution < -0.4 is 5.32 Å². The molecule has 0 bridgehead atoms. The Morgan fingerprint density at radius 3 is 2.61 bits per heavy atom. The molecule has 3 aromatic carbocycles. The first-order valence-corrected chi connectivity index (χ1v) is 10.3. The van der Waals surface area contributed by atoms with Crippen molar-refractivity contribution < 1.29 is 14.3 Å². The molecule has 1 N–H and O–H groups in total. The maximum atomic E-state index is 12.3. The van der Waals surface area contributed by atoms with E-state index in [0.717, 1.165) is 16.7 Å². The van der Waals surface area contributed by atoms with Crippen LogP contribution in [0.25, 0.3) is 10.8 Å². The zero-order valence-electron chi connectivity index (χ0n) is 15.4. The van der Waals surface area contributed by atoms with E-state index in [-0.39, 0.29) is 17.2 Å². The van der Waals surface area contributed by atoms with E-state index in [0.29, 0.717) is 17.3 Å². The molecule has 0 aliphatic carbocycles. The van der Waals surface area contributed by atoms with Crippen LogP contribution in [-0.4, -0.2) is 24.2 Å². The number of amides is 1. The number of halogens is 1. The van der Waals surface area contributed by atoms with Crippen molar-refractivity contribution in [1.29, 1.82) is 0 Å². The third-order valence-corrected chi connectivity index (χ3v) is 5.32. The van der Waals surface area contributed by atoms with E-state index < -0.39 is 5.97 Å². The molecule has 0 atom stereocenters. The number of hydrogen-bond acceptors (Lipinski definition) is 4. The van der Waals surface area contributed by atoms with Crippen LogP contribution in [-0.2, 0) is 9.53 Å². The third-order valence-electron chi connectivity index (χ3n) is 4.00. The van der Waals surface area contributed by atoms with E-state index in [2.05, 4.69) is 17.4 Å². The summed E-state index contributed by atoms with van der Waals surface area (Å²) in [6, 6.07) is 19.0. The molecule has 1 amide bonds. The minimum atomic E-state index is -0.492. The number of nitrogens with one attached hydrogen (secondary N) is 1. The summed E-state index contributed by atoms with van der Waals surface area (Å²) in [6.07, 6.45) is 0.728. The van der Waals surface area contributed by atoms with Gasteiger partial charge in [-0.15, -0.1) is 11.8 Å². The van der Waals surface area contributed by atoms with Gasteiger partial charge in [0.05, 0.1) is 22.9 Å². The molecule has 6 heteroatoms. The van der Waals surface area contributed by atoms with Crippen molar-refractivity contribution in [1.82, 2.24) is 0 Å². The maximum absolute atomic E-state index is 12.3. The number of rotatable bonds is 7. The number of esters is 1. The fraction of sp³-hybridized carbons (Fsp3) is 0.182. The smallest absolute Gasteiger partial charge is 0.339 e. The number of hydrogen-bond donors (Lipinski definition) is 1. The predicted molar refractivity (Wildman–Crippen MR) is 115 cm³/mol. The Morgan fingerprint density at radius 2 is 1.82 bits per heavy atom. The zero-order chi connectivity index (χ0) is 19.9. The van der Waals surface area contributed by atoms with Gasteiger partial charge in [0, 0.05) is 10.6 Å². The van der Waals surface area contributed by atoms with Gasteiger partial charge < -0.3 is 10.1 Å². The van der Waals surface area contributed by atoms with Crippen molar-refractivity contribution in [3.8, 4) is 0 Å². The van der Waals surface area contributed by atoms with Crippen molar-refractivity contribution in [2.24, 2.45) is 0 Å². The van der Waals surface area contributed by atoms with Crippen LogP contribution in [0.2, 0.25) is 5.02 Å². The fourth-order valence-corrected chi connectivity index (χ4v) is 3.57. The van der Waals surface area contributed by atoms with E-state index in [9.17, 15) is 9.59 Å². The molecule has 0 fully saturated rings. The highest BCUT2D eigenvalue weighted by Gasteiger charge is 2.13. The molecular weight excluding hydrogens is 394 g/mol. The van der Waals surface area contributed by atoms with E-state index in [1.54, 1.807) is 18.2 Å². The number of carbonyl (C=O) groups is 2. The van der Waals surface area contributed by atoms with Gasteiger partial charge in [-0.3, -0.25) is 4.79 Å². The van der Waals surface area contributed by atoms with E-state index in [1.807, 2.05) is 37.3 Å². The molecular formula is C22H20ClNO3S. The summed E-state index contributed by atoms with van der Waals surface area (Å²) in [5.74, 6) is -0.391. The lowest BCUT2D eigenvalue weighted by Gasteiger charge is -2.09. The second kappa shape index (κ2) is 9.62. The molecule has 0 saturated carbocycles. The lowest BCUT2D eigenvalue weighted by Crippen LogP contribution is -2.15. The average molecular weight is 414 g/mol. The first-order valence-electron chi connectivity index (χ1n) is 8.95. The van der Waals surface area contributed by atoms with Gasteiger partial charge in [-0.1, -0.05) is 48.9 Å². The monoisotopic (exact) mass is 413 g/mol. The molecule has 0 saturated heterocycles. The van der Waals surface area contributed by atoms with Crippen molar-refractivity contribution in [2.75, 3.05) is 17.7 Å². The van der Waals surface area contributed by atoms with Gasteiger partial charge in [0.25, 0.3) is 0 Å². The lowest BCUT2D eigenvalue weighted by molar-refractivity contribution is -0.113. The molecule has 28 heavy (non-hydrogen) atoms. The van der Waals surface area contributed by atoms with Crippen molar-refractivity contribution in [2.45, 2.75) is 18.2 Å². The van der Waals surface area contributed by atoms with Crippen LogP contribution in [0.4, 0.5) is 5.69 Å². The van der Waals surface area contributed by atoms with Crippen LogP contribution in [0.5, 0.6) is 0 Å². The quantitative estimate of drug-likeness (QED) is 0.393. The molecule has 144 valence electrons. The van der Waals surface area contributed by atoms with Gasteiger partial charge >= 0.3 is 5.97 Å².